The molecule has 1 unspecified atom stereocenters. The van der Waals surface area contributed by atoms with Crippen LogP contribution in [0.15, 0.2) is 9.52 Å². The summed E-state index contributed by atoms with van der Waals surface area (Å²) in [6.45, 7) is 4.44. The molecule has 1 aromatic rings. The predicted molar refractivity (Wildman–Crippen MR) is 59.8 cm³/mol. The highest BCUT2D eigenvalue weighted by molar-refractivity contribution is 8.14. The number of hydrogen-bond donors (Lipinski definition) is 1. The summed E-state index contributed by atoms with van der Waals surface area (Å²) in [5, 5.41) is 8.12. The van der Waals surface area contributed by atoms with Crippen molar-refractivity contribution in [2.24, 2.45) is 4.99 Å². The molecule has 0 radical (unpaired) electrons. The van der Waals surface area contributed by atoms with Gasteiger partial charge in [0.05, 0.1) is 0 Å². The van der Waals surface area contributed by atoms with E-state index in [1.54, 1.807) is 18.7 Å². The second-order valence-corrected chi connectivity index (χ2v) is 4.42. The maximum absolute atomic E-state index is 4.86. The van der Waals surface area contributed by atoms with Crippen molar-refractivity contribution in [2.75, 3.05) is 5.75 Å². The topological polar surface area (TPSA) is 63.3 Å². The van der Waals surface area contributed by atoms with Crippen LogP contribution in [0.25, 0.3) is 0 Å². The maximum Gasteiger partial charge on any atom is 0.223 e. The van der Waals surface area contributed by atoms with Crippen LogP contribution in [0.2, 0.25) is 0 Å². The molecule has 2 rings (SSSR count). The summed E-state index contributed by atoms with van der Waals surface area (Å²) >= 11 is 1.75. The molecule has 6 heteroatoms. The smallest absolute Gasteiger partial charge is 0.223 e. The fourth-order valence-electron chi connectivity index (χ4n) is 1.30. The number of nitrogens with zero attached hydrogens (tertiary/aromatic N) is 3. The van der Waals surface area contributed by atoms with E-state index in [-0.39, 0.29) is 0 Å². The first-order chi connectivity index (χ1) is 7.28. The van der Waals surface area contributed by atoms with Gasteiger partial charge in [-0.3, -0.25) is 4.99 Å². The highest BCUT2D eigenvalue weighted by Crippen LogP contribution is 2.15. The van der Waals surface area contributed by atoms with Crippen LogP contribution in [0.4, 0.5) is 0 Å². The Balaban J connectivity index is 1.89. The number of hydrogen-bond acceptors (Lipinski definition) is 5. The van der Waals surface area contributed by atoms with Crippen LogP contribution in [0.3, 0.4) is 0 Å². The molecular weight excluding hydrogens is 212 g/mol. The van der Waals surface area contributed by atoms with E-state index in [2.05, 4.69) is 27.4 Å². The number of nitrogens with one attached hydrogen (secondary N) is 1. The average molecular weight is 226 g/mol. The van der Waals surface area contributed by atoms with Crippen LogP contribution in [0.5, 0.6) is 0 Å². The molecule has 1 saturated heterocycles. The molecule has 1 fully saturated rings. The van der Waals surface area contributed by atoms with E-state index in [9.17, 15) is 0 Å². The van der Waals surface area contributed by atoms with E-state index in [0.29, 0.717) is 24.3 Å². The first-order valence-electron chi connectivity index (χ1n) is 5.01. The van der Waals surface area contributed by atoms with Crippen LogP contribution < -0.4 is 5.32 Å². The van der Waals surface area contributed by atoms with Crippen LogP contribution in [0.1, 0.15) is 25.1 Å². The normalized spacial score (nSPS) is 23.3. The Morgan fingerprint density at radius 1 is 1.67 bits per heavy atom. The maximum atomic E-state index is 4.86. The summed E-state index contributed by atoms with van der Waals surface area (Å²) < 4.78 is 4.86. The van der Waals surface area contributed by atoms with E-state index >= 15 is 0 Å². The van der Waals surface area contributed by atoms with Crippen LogP contribution in [0, 0.1) is 6.92 Å². The highest BCUT2D eigenvalue weighted by Gasteiger charge is 2.17. The van der Waals surface area contributed by atoms with Crippen LogP contribution in [-0.4, -0.2) is 27.1 Å². The monoisotopic (exact) mass is 226 g/mol. The molecule has 2 heterocycles. The molecule has 1 aliphatic heterocycles. The lowest BCUT2D eigenvalue weighted by atomic mass is 10.3. The molecule has 1 atom stereocenters. The molecule has 15 heavy (non-hydrogen) atoms. The van der Waals surface area contributed by atoms with Crippen molar-refractivity contribution in [2.45, 2.75) is 32.9 Å². The standard InChI is InChI=1S/C9H14N4OS/c1-3-7-5-15-9(12-7)10-4-8-11-6(2)14-13-8/h7H,3-5H2,1-2H3,(H,10,12). The minimum Gasteiger partial charge on any atom is -0.361 e. The van der Waals surface area contributed by atoms with Crippen molar-refractivity contribution in [3.63, 3.8) is 0 Å². The summed E-state index contributed by atoms with van der Waals surface area (Å²) in [4.78, 5) is 8.48. The molecule has 0 aromatic carbocycles. The Morgan fingerprint density at radius 3 is 3.13 bits per heavy atom. The second-order valence-electron chi connectivity index (χ2n) is 3.41. The lowest BCUT2D eigenvalue weighted by Gasteiger charge is -2.03. The van der Waals surface area contributed by atoms with Crippen molar-refractivity contribution < 1.29 is 4.52 Å². The number of thioether (sulfide) groups is 1. The number of rotatable bonds is 3. The van der Waals surface area contributed by atoms with Gasteiger partial charge in [0.15, 0.2) is 11.0 Å². The summed E-state index contributed by atoms with van der Waals surface area (Å²) in [5.41, 5.74) is 0. The Hall–Kier alpha value is -1.04. The average Bonchev–Trinajstić information content (AvgIpc) is 2.83. The van der Waals surface area contributed by atoms with E-state index in [0.717, 1.165) is 17.3 Å². The molecule has 1 aliphatic rings. The lowest BCUT2D eigenvalue weighted by Crippen LogP contribution is -2.25. The molecular formula is C9H14N4OS. The van der Waals surface area contributed by atoms with Gasteiger partial charge >= 0.3 is 0 Å². The van der Waals surface area contributed by atoms with E-state index in [1.807, 2.05) is 0 Å². The molecule has 82 valence electrons. The summed E-state index contributed by atoms with van der Waals surface area (Å²) in [6, 6.07) is 0.556. The minimum absolute atomic E-state index is 0.489. The van der Waals surface area contributed by atoms with Crippen molar-refractivity contribution >= 4 is 16.9 Å². The molecule has 5 nitrogen and oxygen atoms in total. The molecule has 0 saturated carbocycles. The zero-order valence-electron chi connectivity index (χ0n) is 8.86. The SMILES string of the molecule is CCC1CSC(=NCc2noc(C)n2)N1. The van der Waals surface area contributed by atoms with E-state index < -0.39 is 0 Å². The Kier molecular flexibility index (Phi) is 3.25. The zero-order valence-corrected chi connectivity index (χ0v) is 9.67. The Bertz CT molecular complexity index is 363. The zero-order chi connectivity index (χ0) is 10.7. The molecule has 0 spiro atoms. The van der Waals surface area contributed by atoms with Gasteiger partial charge in [0.2, 0.25) is 5.89 Å². The van der Waals surface area contributed by atoms with Crippen molar-refractivity contribution in [1.82, 2.24) is 15.5 Å². The second kappa shape index (κ2) is 4.65. The molecule has 0 bridgehead atoms. The Labute approximate surface area is 92.7 Å². The van der Waals surface area contributed by atoms with Gasteiger partial charge in [0, 0.05) is 18.7 Å². The highest BCUT2D eigenvalue weighted by atomic mass is 32.2. The molecule has 0 aliphatic carbocycles. The fourth-order valence-corrected chi connectivity index (χ4v) is 2.38. The van der Waals surface area contributed by atoms with E-state index in [4.69, 9.17) is 4.52 Å². The van der Waals surface area contributed by atoms with Crippen LogP contribution >= 0.6 is 11.8 Å². The van der Waals surface area contributed by atoms with Gasteiger partial charge in [0.25, 0.3) is 0 Å². The van der Waals surface area contributed by atoms with Gasteiger partial charge in [-0.15, -0.1) is 0 Å². The Morgan fingerprint density at radius 2 is 2.53 bits per heavy atom. The third-order valence-electron chi connectivity index (χ3n) is 2.18. The molecule has 0 amide bonds. The minimum atomic E-state index is 0.489. The van der Waals surface area contributed by atoms with Crippen molar-refractivity contribution in [3.05, 3.63) is 11.7 Å². The third kappa shape index (κ3) is 2.71. The molecule has 1 aromatic heterocycles. The predicted octanol–water partition coefficient (Wildman–Crippen LogP) is 1.35. The summed E-state index contributed by atoms with van der Waals surface area (Å²) in [7, 11) is 0. The van der Waals surface area contributed by atoms with E-state index in [1.165, 1.54) is 0 Å². The summed E-state index contributed by atoms with van der Waals surface area (Å²) in [6.07, 6.45) is 1.13. The van der Waals surface area contributed by atoms with Gasteiger partial charge in [-0.25, -0.2) is 0 Å². The quantitative estimate of drug-likeness (QED) is 0.842. The first-order valence-corrected chi connectivity index (χ1v) is 5.99. The third-order valence-corrected chi connectivity index (χ3v) is 3.26. The van der Waals surface area contributed by atoms with Gasteiger partial charge < -0.3 is 9.84 Å². The van der Waals surface area contributed by atoms with Gasteiger partial charge in [0.1, 0.15) is 6.54 Å². The van der Waals surface area contributed by atoms with Gasteiger partial charge in [-0.05, 0) is 6.42 Å². The first kappa shape index (κ1) is 10.5. The largest absolute Gasteiger partial charge is 0.361 e. The van der Waals surface area contributed by atoms with Crippen LogP contribution in [-0.2, 0) is 6.54 Å². The fraction of sp³-hybridized carbons (Fsp3) is 0.667. The number of aromatic nitrogens is 2. The number of aryl methyl sites for hydroxylation is 1. The van der Waals surface area contributed by atoms with Gasteiger partial charge in [-0.2, -0.15) is 4.98 Å². The number of aliphatic imine (C=N–C) groups is 1. The summed E-state index contributed by atoms with van der Waals surface area (Å²) in [5.74, 6) is 2.33. The lowest BCUT2D eigenvalue weighted by molar-refractivity contribution is 0.387. The van der Waals surface area contributed by atoms with Crippen molar-refractivity contribution in [1.29, 1.82) is 0 Å². The van der Waals surface area contributed by atoms with Gasteiger partial charge in [-0.1, -0.05) is 23.8 Å². The van der Waals surface area contributed by atoms with Crippen molar-refractivity contribution in [3.8, 4) is 0 Å². The number of amidine groups is 1. The molecule has 1 N–H and O–H groups in total.